The Hall–Kier alpha value is -5.15. The molecule has 2 heterocycles. The molecule has 14 nitrogen and oxygen atoms in total. The molecule has 5 amide bonds. The van der Waals surface area contributed by atoms with Crippen molar-refractivity contribution < 1.29 is 51.7 Å². The minimum absolute atomic E-state index is 0.00395. The van der Waals surface area contributed by atoms with Gasteiger partial charge in [-0.2, -0.15) is 0 Å². The van der Waals surface area contributed by atoms with Gasteiger partial charge >= 0.3 is 24.4 Å². The van der Waals surface area contributed by atoms with Crippen molar-refractivity contribution in [3.05, 3.63) is 48.0 Å². The molecule has 0 aromatic heterocycles. The standard InChI is InChI=1S/C30H35F2N5O9/c1-17(38)34-13-20-15-36(28(41)44-20)18-5-7-22(24(31)11-18)23-8-6-19(12-25(23)32)37-16-21(45-29(37)42)14-35-26(39)43-10-9-33-27(40)46-30(2,3)4/h5-8,11-12,20-21H,9-10,13-16H2,1-4H3,(H,33,40)(H,34,38)(H,35,39)/t20-,21-/m0/s1. The van der Waals surface area contributed by atoms with Crippen LogP contribution in [0.1, 0.15) is 27.7 Å². The Labute approximate surface area is 263 Å². The smallest absolute Gasteiger partial charge is 0.414 e. The molecule has 2 aliphatic heterocycles. The van der Waals surface area contributed by atoms with Crippen LogP contribution in [0.4, 0.5) is 39.3 Å². The molecule has 16 heteroatoms. The van der Waals surface area contributed by atoms with E-state index in [0.29, 0.717) is 0 Å². The van der Waals surface area contributed by atoms with Crippen LogP contribution in [0.15, 0.2) is 36.4 Å². The number of benzene rings is 2. The van der Waals surface area contributed by atoms with Crippen molar-refractivity contribution in [1.82, 2.24) is 16.0 Å². The first-order valence-electron chi connectivity index (χ1n) is 14.4. The number of anilines is 2. The summed E-state index contributed by atoms with van der Waals surface area (Å²) in [5, 5.41) is 7.46. The normalized spacial score (nSPS) is 17.7. The third-order valence-corrected chi connectivity index (χ3v) is 6.62. The molecule has 0 saturated carbocycles. The summed E-state index contributed by atoms with van der Waals surface area (Å²) in [4.78, 5) is 61.8. The highest BCUT2D eigenvalue weighted by molar-refractivity contribution is 5.91. The highest BCUT2D eigenvalue weighted by Crippen LogP contribution is 2.33. The van der Waals surface area contributed by atoms with E-state index in [-0.39, 0.29) is 67.7 Å². The van der Waals surface area contributed by atoms with Crippen molar-refractivity contribution in [3.63, 3.8) is 0 Å². The van der Waals surface area contributed by atoms with E-state index in [1.54, 1.807) is 20.8 Å². The molecule has 3 N–H and O–H groups in total. The zero-order valence-corrected chi connectivity index (χ0v) is 25.7. The molecule has 46 heavy (non-hydrogen) atoms. The number of alkyl carbamates (subject to hydrolysis) is 2. The van der Waals surface area contributed by atoms with Gasteiger partial charge in [-0.25, -0.2) is 28.0 Å². The van der Waals surface area contributed by atoms with Crippen LogP contribution < -0.4 is 25.8 Å². The maximum Gasteiger partial charge on any atom is 0.414 e. The first-order chi connectivity index (χ1) is 21.7. The number of amides is 5. The molecule has 2 aromatic rings. The quantitative estimate of drug-likeness (QED) is 0.258. The Bertz CT molecular complexity index is 1500. The fourth-order valence-corrected chi connectivity index (χ4v) is 4.57. The molecule has 248 valence electrons. The van der Waals surface area contributed by atoms with E-state index >= 15 is 8.78 Å². The summed E-state index contributed by atoms with van der Waals surface area (Å²) in [5.74, 6) is -1.88. The minimum Gasteiger partial charge on any atom is -0.448 e. The van der Waals surface area contributed by atoms with Crippen LogP contribution in [-0.4, -0.2) is 87.4 Å². The molecule has 2 saturated heterocycles. The molecule has 4 rings (SSSR count). The molecule has 0 unspecified atom stereocenters. The monoisotopic (exact) mass is 647 g/mol. The average molecular weight is 648 g/mol. The Balaban J connectivity index is 1.29. The molecule has 0 spiro atoms. The predicted molar refractivity (Wildman–Crippen MR) is 159 cm³/mol. The maximum absolute atomic E-state index is 15.2. The van der Waals surface area contributed by atoms with E-state index < -0.39 is 53.8 Å². The SMILES string of the molecule is CC(=O)NC[C@H]1CN(c2ccc(-c3ccc(N4C[C@H](CNC(=O)OCCNC(=O)OC(C)(C)C)OC4=O)cc3F)c(F)c2)C(=O)O1. The summed E-state index contributed by atoms with van der Waals surface area (Å²) in [6.07, 6.45) is -4.28. The number of ether oxygens (including phenoxy) is 4. The summed E-state index contributed by atoms with van der Waals surface area (Å²) in [7, 11) is 0. The molecule has 2 aliphatic rings. The summed E-state index contributed by atoms with van der Waals surface area (Å²) < 4.78 is 50.9. The first kappa shape index (κ1) is 33.7. The first-order valence-corrected chi connectivity index (χ1v) is 14.4. The van der Waals surface area contributed by atoms with Gasteiger partial charge in [0, 0.05) is 18.1 Å². The van der Waals surface area contributed by atoms with E-state index in [2.05, 4.69) is 16.0 Å². The number of hydrogen-bond acceptors (Lipinski definition) is 9. The lowest BCUT2D eigenvalue weighted by Crippen LogP contribution is -2.37. The van der Waals surface area contributed by atoms with Crippen molar-refractivity contribution in [2.45, 2.75) is 45.5 Å². The van der Waals surface area contributed by atoms with Gasteiger partial charge in [-0.15, -0.1) is 0 Å². The molecule has 0 aliphatic carbocycles. The summed E-state index contributed by atoms with van der Waals surface area (Å²) in [6, 6.07) is 7.68. The largest absolute Gasteiger partial charge is 0.448 e. The Morgan fingerprint density at radius 3 is 1.78 bits per heavy atom. The second-order valence-electron chi connectivity index (χ2n) is 11.4. The number of cyclic esters (lactones) is 2. The fourth-order valence-electron chi connectivity index (χ4n) is 4.57. The van der Waals surface area contributed by atoms with Gasteiger partial charge in [0.1, 0.15) is 36.1 Å². The number of hydrogen-bond donors (Lipinski definition) is 3. The van der Waals surface area contributed by atoms with Crippen LogP contribution in [0.2, 0.25) is 0 Å². The van der Waals surface area contributed by atoms with Crippen LogP contribution in [0.25, 0.3) is 11.1 Å². The zero-order chi connectivity index (χ0) is 33.6. The van der Waals surface area contributed by atoms with Gasteiger partial charge in [-0.05, 0) is 57.2 Å². The molecule has 0 bridgehead atoms. The van der Waals surface area contributed by atoms with Gasteiger partial charge in [0.05, 0.1) is 44.1 Å². The van der Waals surface area contributed by atoms with E-state index in [1.807, 2.05) is 0 Å². The molecule has 2 aromatic carbocycles. The number of nitrogens with zero attached hydrogens (tertiary/aromatic N) is 2. The number of nitrogens with one attached hydrogen (secondary N) is 3. The zero-order valence-electron chi connectivity index (χ0n) is 25.7. The summed E-state index contributed by atoms with van der Waals surface area (Å²) in [5.41, 5.74) is -0.444. The second-order valence-corrected chi connectivity index (χ2v) is 11.4. The van der Waals surface area contributed by atoms with Crippen molar-refractivity contribution >= 4 is 41.7 Å². The Kier molecular flexibility index (Phi) is 10.5. The number of rotatable bonds is 10. The fraction of sp³-hybridized carbons (Fsp3) is 0.433. The molecular formula is C30H35F2N5O9. The van der Waals surface area contributed by atoms with Gasteiger partial charge in [-0.1, -0.05) is 0 Å². The topological polar surface area (TPSA) is 165 Å². The van der Waals surface area contributed by atoms with Crippen LogP contribution in [0.5, 0.6) is 0 Å². The van der Waals surface area contributed by atoms with Gasteiger partial charge in [0.25, 0.3) is 0 Å². The van der Waals surface area contributed by atoms with Crippen LogP contribution in [-0.2, 0) is 23.7 Å². The third kappa shape index (κ3) is 8.95. The van der Waals surface area contributed by atoms with Gasteiger partial charge in [-0.3, -0.25) is 14.6 Å². The van der Waals surface area contributed by atoms with Gasteiger partial charge in [0.2, 0.25) is 5.91 Å². The molecule has 0 radical (unpaired) electrons. The van der Waals surface area contributed by atoms with E-state index in [9.17, 15) is 24.0 Å². The van der Waals surface area contributed by atoms with Crippen molar-refractivity contribution in [2.75, 3.05) is 49.1 Å². The second kappa shape index (κ2) is 14.3. The molecule has 2 fully saturated rings. The number of halogens is 2. The summed E-state index contributed by atoms with van der Waals surface area (Å²) >= 11 is 0. The van der Waals surface area contributed by atoms with Gasteiger partial charge in [0.15, 0.2) is 0 Å². The Morgan fingerprint density at radius 2 is 1.33 bits per heavy atom. The van der Waals surface area contributed by atoms with Crippen LogP contribution in [0.3, 0.4) is 0 Å². The van der Waals surface area contributed by atoms with E-state index in [0.717, 1.165) is 12.1 Å². The molecule has 2 atom stereocenters. The van der Waals surface area contributed by atoms with Crippen molar-refractivity contribution in [2.24, 2.45) is 0 Å². The lowest BCUT2D eigenvalue weighted by atomic mass is 10.0. The Morgan fingerprint density at radius 1 is 0.826 bits per heavy atom. The summed E-state index contributed by atoms with van der Waals surface area (Å²) in [6.45, 7) is 6.50. The lowest BCUT2D eigenvalue weighted by molar-refractivity contribution is -0.119. The minimum atomic E-state index is -0.807. The predicted octanol–water partition coefficient (Wildman–Crippen LogP) is 3.67. The van der Waals surface area contributed by atoms with Gasteiger partial charge < -0.3 is 34.9 Å². The van der Waals surface area contributed by atoms with Crippen molar-refractivity contribution in [3.8, 4) is 11.1 Å². The van der Waals surface area contributed by atoms with Crippen LogP contribution in [0, 0.1) is 11.6 Å². The van der Waals surface area contributed by atoms with E-state index in [4.69, 9.17) is 18.9 Å². The average Bonchev–Trinajstić information content (AvgIpc) is 3.54. The third-order valence-electron chi connectivity index (χ3n) is 6.62. The number of carbonyl (C=O) groups is 5. The van der Waals surface area contributed by atoms with E-state index in [1.165, 1.54) is 41.0 Å². The highest BCUT2D eigenvalue weighted by atomic mass is 19.1. The lowest BCUT2D eigenvalue weighted by Gasteiger charge is -2.19. The highest BCUT2D eigenvalue weighted by Gasteiger charge is 2.34. The number of carbonyl (C=O) groups excluding carboxylic acids is 5. The molecular weight excluding hydrogens is 612 g/mol. The maximum atomic E-state index is 15.2. The van der Waals surface area contributed by atoms with Crippen molar-refractivity contribution in [1.29, 1.82) is 0 Å². The van der Waals surface area contributed by atoms with Crippen LogP contribution >= 0.6 is 0 Å².